The highest BCUT2D eigenvalue weighted by Crippen LogP contribution is 2.69. The van der Waals surface area contributed by atoms with E-state index in [9.17, 15) is 0 Å². The topological polar surface area (TPSA) is 0 Å². The Hall–Kier alpha value is 0.700. The molecular formula is C10H20S2. The van der Waals surface area contributed by atoms with Gasteiger partial charge in [-0.25, -0.2) is 0 Å². The van der Waals surface area contributed by atoms with Gasteiger partial charge in [0.2, 0.25) is 0 Å². The van der Waals surface area contributed by atoms with Crippen molar-refractivity contribution < 1.29 is 0 Å². The lowest BCUT2D eigenvalue weighted by molar-refractivity contribution is 0.371. The molecule has 0 aromatic heterocycles. The minimum absolute atomic E-state index is 0.598. The van der Waals surface area contributed by atoms with Crippen molar-refractivity contribution in [1.29, 1.82) is 0 Å². The van der Waals surface area contributed by atoms with Crippen molar-refractivity contribution in [3.05, 3.63) is 0 Å². The summed E-state index contributed by atoms with van der Waals surface area (Å²) in [5.41, 5.74) is 0. The van der Waals surface area contributed by atoms with Crippen LogP contribution < -0.4 is 0 Å². The van der Waals surface area contributed by atoms with Gasteiger partial charge in [-0.2, -0.15) is 0 Å². The second-order valence-electron chi connectivity index (χ2n) is 3.57. The van der Waals surface area contributed by atoms with Gasteiger partial charge in [-0.3, -0.25) is 0 Å². The van der Waals surface area contributed by atoms with Crippen LogP contribution in [0.5, 0.6) is 0 Å². The van der Waals surface area contributed by atoms with Crippen LogP contribution in [-0.2, 0) is 0 Å². The second-order valence-corrected chi connectivity index (χ2v) is 6.47. The van der Waals surface area contributed by atoms with Crippen LogP contribution in [0, 0.1) is 0 Å². The van der Waals surface area contributed by atoms with Gasteiger partial charge in [0.25, 0.3) is 0 Å². The predicted molar refractivity (Wildman–Crippen MR) is 61.8 cm³/mol. The Morgan fingerprint density at radius 1 is 0.667 bits per heavy atom. The monoisotopic (exact) mass is 204 g/mol. The van der Waals surface area contributed by atoms with Crippen molar-refractivity contribution in [3.63, 3.8) is 0 Å². The van der Waals surface area contributed by atoms with Crippen molar-refractivity contribution in [2.75, 3.05) is 0 Å². The zero-order valence-electron chi connectivity index (χ0n) is 8.64. The van der Waals surface area contributed by atoms with Crippen molar-refractivity contribution in [3.8, 4) is 0 Å². The van der Waals surface area contributed by atoms with Crippen LogP contribution in [0.3, 0.4) is 0 Å². The second kappa shape index (κ2) is 3.83. The smallest absolute Gasteiger partial charge is 0.0413 e. The van der Waals surface area contributed by atoms with Crippen LogP contribution in [0.25, 0.3) is 0 Å². The molecule has 1 heterocycles. The summed E-state index contributed by atoms with van der Waals surface area (Å²) in [4.78, 5) is 0. The zero-order chi connectivity index (χ0) is 9.24. The molecule has 0 unspecified atom stereocenters. The molecule has 1 rings (SSSR count). The first-order valence-corrected chi connectivity index (χ1v) is 7.22. The van der Waals surface area contributed by atoms with Crippen LogP contribution >= 0.6 is 21.6 Å². The summed E-state index contributed by atoms with van der Waals surface area (Å²) in [6, 6.07) is 0. The largest absolute Gasteiger partial charge is 0.0852 e. The van der Waals surface area contributed by atoms with Crippen LogP contribution in [0.2, 0.25) is 0 Å². The van der Waals surface area contributed by atoms with Gasteiger partial charge in [-0.05, 0) is 25.7 Å². The van der Waals surface area contributed by atoms with E-state index in [1.54, 1.807) is 0 Å². The Morgan fingerprint density at radius 3 is 1.00 bits per heavy atom. The molecule has 0 atom stereocenters. The Morgan fingerprint density at radius 2 is 0.917 bits per heavy atom. The summed E-state index contributed by atoms with van der Waals surface area (Å²) < 4.78 is 1.20. The molecule has 1 aliphatic heterocycles. The van der Waals surface area contributed by atoms with E-state index in [0.717, 1.165) is 0 Å². The molecule has 0 radical (unpaired) electrons. The highest BCUT2D eigenvalue weighted by Gasteiger charge is 2.56. The molecule has 0 spiro atoms. The third-order valence-corrected chi connectivity index (χ3v) is 8.43. The Bertz CT molecular complexity index is 117. The summed E-state index contributed by atoms with van der Waals surface area (Å²) >= 11 is 0. The Balaban J connectivity index is 2.77. The van der Waals surface area contributed by atoms with Gasteiger partial charge in [-0.15, -0.1) is 0 Å². The van der Waals surface area contributed by atoms with Gasteiger partial charge in [0.15, 0.2) is 0 Å². The quantitative estimate of drug-likeness (QED) is 0.618. The molecule has 0 aliphatic carbocycles. The summed E-state index contributed by atoms with van der Waals surface area (Å²) in [7, 11) is 4.25. The van der Waals surface area contributed by atoms with E-state index in [-0.39, 0.29) is 0 Å². The summed E-state index contributed by atoms with van der Waals surface area (Å²) in [6.45, 7) is 9.37. The standard InChI is InChI=1S/C10H20S2/c1-5-9(6-2)10(7-3,8-4)12-11-9/h5-8H2,1-4H3. The summed E-state index contributed by atoms with van der Waals surface area (Å²) in [6.07, 6.45) is 5.34. The number of hydrogen-bond acceptors (Lipinski definition) is 2. The summed E-state index contributed by atoms with van der Waals surface area (Å²) in [5.74, 6) is 0. The van der Waals surface area contributed by atoms with E-state index in [4.69, 9.17) is 0 Å². The first-order valence-electron chi connectivity index (χ1n) is 5.07. The lowest BCUT2D eigenvalue weighted by Crippen LogP contribution is -2.53. The fourth-order valence-electron chi connectivity index (χ4n) is 2.30. The minimum Gasteiger partial charge on any atom is -0.0852 e. The molecule has 0 saturated carbocycles. The molecule has 0 nitrogen and oxygen atoms in total. The number of rotatable bonds is 4. The van der Waals surface area contributed by atoms with E-state index in [1.807, 2.05) is 0 Å². The van der Waals surface area contributed by atoms with Crippen molar-refractivity contribution in [1.82, 2.24) is 0 Å². The van der Waals surface area contributed by atoms with Gasteiger partial charge in [0.05, 0.1) is 0 Å². The third-order valence-electron chi connectivity index (χ3n) is 3.48. The maximum absolute atomic E-state index is 2.34. The van der Waals surface area contributed by atoms with E-state index in [0.29, 0.717) is 9.49 Å². The SMILES string of the molecule is CCC1(CC)SSC1(CC)CC. The fourth-order valence-corrected chi connectivity index (χ4v) is 6.98. The molecule has 0 aromatic rings. The van der Waals surface area contributed by atoms with Crippen molar-refractivity contribution >= 4 is 21.6 Å². The maximum atomic E-state index is 2.34. The van der Waals surface area contributed by atoms with Gasteiger partial charge in [0, 0.05) is 9.49 Å². The van der Waals surface area contributed by atoms with Gasteiger partial charge < -0.3 is 0 Å². The first kappa shape index (κ1) is 10.8. The molecule has 1 aliphatic rings. The fraction of sp³-hybridized carbons (Fsp3) is 1.00. The van der Waals surface area contributed by atoms with E-state index in [2.05, 4.69) is 49.3 Å². The van der Waals surface area contributed by atoms with Gasteiger partial charge in [0.1, 0.15) is 0 Å². The van der Waals surface area contributed by atoms with Crippen molar-refractivity contribution in [2.24, 2.45) is 0 Å². The van der Waals surface area contributed by atoms with Crippen LogP contribution in [0.4, 0.5) is 0 Å². The zero-order valence-corrected chi connectivity index (χ0v) is 10.3. The first-order chi connectivity index (χ1) is 5.70. The molecule has 0 N–H and O–H groups in total. The predicted octanol–water partition coefficient (Wildman–Crippen LogP) is 4.50. The lowest BCUT2D eigenvalue weighted by atomic mass is 9.82. The molecule has 1 saturated heterocycles. The van der Waals surface area contributed by atoms with Crippen LogP contribution in [-0.4, -0.2) is 9.49 Å². The molecule has 0 amide bonds. The molecule has 12 heavy (non-hydrogen) atoms. The molecule has 2 heteroatoms. The number of hydrogen-bond donors (Lipinski definition) is 0. The maximum Gasteiger partial charge on any atom is 0.0413 e. The molecule has 0 aromatic carbocycles. The molecule has 0 bridgehead atoms. The molecule has 72 valence electrons. The van der Waals surface area contributed by atoms with Gasteiger partial charge in [-0.1, -0.05) is 49.3 Å². The highest BCUT2D eigenvalue weighted by molar-refractivity contribution is 8.80. The van der Waals surface area contributed by atoms with Crippen molar-refractivity contribution in [2.45, 2.75) is 62.9 Å². The van der Waals surface area contributed by atoms with Crippen LogP contribution in [0.15, 0.2) is 0 Å². The highest BCUT2D eigenvalue weighted by atomic mass is 33.1. The Labute approximate surface area is 84.7 Å². The minimum atomic E-state index is 0.598. The summed E-state index contributed by atoms with van der Waals surface area (Å²) in [5, 5.41) is 0. The molecule has 1 fully saturated rings. The molecular weight excluding hydrogens is 184 g/mol. The van der Waals surface area contributed by atoms with E-state index >= 15 is 0 Å². The van der Waals surface area contributed by atoms with Gasteiger partial charge >= 0.3 is 0 Å². The van der Waals surface area contributed by atoms with Crippen LogP contribution in [0.1, 0.15) is 53.4 Å². The third kappa shape index (κ3) is 1.22. The average Bonchev–Trinajstić information content (AvgIpc) is 2.08. The lowest BCUT2D eigenvalue weighted by Gasteiger charge is -2.57. The van der Waals surface area contributed by atoms with E-state index < -0.39 is 0 Å². The normalized spacial score (nSPS) is 25.0. The van der Waals surface area contributed by atoms with E-state index in [1.165, 1.54) is 25.7 Å². The average molecular weight is 204 g/mol. The Kier molecular flexibility index (Phi) is 3.44.